The fraction of sp³-hybridized carbons (Fsp3) is 0.438. The van der Waals surface area contributed by atoms with Crippen molar-refractivity contribution in [3.8, 4) is 5.75 Å². The van der Waals surface area contributed by atoms with E-state index in [9.17, 15) is 0 Å². The average molecular weight is 270 g/mol. The number of aromatic nitrogens is 1. The monoisotopic (exact) mass is 270 g/mol. The van der Waals surface area contributed by atoms with Crippen molar-refractivity contribution in [1.82, 2.24) is 4.98 Å². The van der Waals surface area contributed by atoms with Gasteiger partial charge in [0.15, 0.2) is 0 Å². The van der Waals surface area contributed by atoms with Gasteiger partial charge in [-0.2, -0.15) is 0 Å². The average Bonchev–Trinajstić information content (AvgIpc) is 3.09. The Morgan fingerprint density at radius 1 is 1.30 bits per heavy atom. The molecule has 1 N–H and O–H groups in total. The molecule has 0 radical (unpaired) electrons. The topological polar surface area (TPSA) is 43.4 Å². The number of methoxy groups -OCH3 is 1. The van der Waals surface area contributed by atoms with E-state index >= 15 is 0 Å². The van der Waals surface area contributed by atoms with Gasteiger partial charge in [0.25, 0.3) is 0 Å². The summed E-state index contributed by atoms with van der Waals surface area (Å²) in [6, 6.07) is 8.50. The third kappa shape index (κ3) is 1.91. The highest BCUT2D eigenvalue weighted by Crippen LogP contribution is 2.36. The van der Waals surface area contributed by atoms with Crippen molar-refractivity contribution in [1.29, 1.82) is 0 Å². The minimum Gasteiger partial charge on any atom is -0.497 e. The largest absolute Gasteiger partial charge is 0.497 e. The number of hydrogen-bond acceptors (Lipinski definition) is 4. The van der Waals surface area contributed by atoms with Crippen molar-refractivity contribution in [3.05, 3.63) is 30.5 Å². The Balaban J connectivity index is 1.66. The molecule has 104 valence electrons. The Labute approximate surface area is 118 Å². The van der Waals surface area contributed by atoms with Crippen molar-refractivity contribution >= 4 is 16.6 Å². The molecule has 0 saturated carbocycles. The van der Waals surface area contributed by atoms with Gasteiger partial charge in [-0.3, -0.25) is 0 Å². The first-order valence-electron chi connectivity index (χ1n) is 7.18. The van der Waals surface area contributed by atoms with Crippen LogP contribution in [-0.4, -0.2) is 30.3 Å². The number of anilines is 1. The van der Waals surface area contributed by atoms with Gasteiger partial charge >= 0.3 is 0 Å². The fourth-order valence-electron chi connectivity index (χ4n) is 3.36. The zero-order valence-electron chi connectivity index (χ0n) is 11.5. The van der Waals surface area contributed by atoms with Crippen molar-refractivity contribution in [2.75, 3.05) is 12.4 Å². The zero-order valence-corrected chi connectivity index (χ0v) is 11.5. The molecule has 2 bridgehead atoms. The van der Waals surface area contributed by atoms with Gasteiger partial charge in [-0.1, -0.05) is 0 Å². The molecule has 1 aromatic carbocycles. The van der Waals surface area contributed by atoms with Gasteiger partial charge in [0.2, 0.25) is 0 Å². The molecule has 2 aliphatic rings. The van der Waals surface area contributed by atoms with Crippen LogP contribution in [0.4, 0.5) is 5.82 Å². The minimum atomic E-state index is 0.357. The van der Waals surface area contributed by atoms with Crippen LogP contribution in [0.15, 0.2) is 30.5 Å². The van der Waals surface area contributed by atoms with Crippen LogP contribution in [0.1, 0.15) is 19.3 Å². The van der Waals surface area contributed by atoms with Gasteiger partial charge < -0.3 is 14.8 Å². The second-order valence-electron chi connectivity index (χ2n) is 5.61. The van der Waals surface area contributed by atoms with Crippen LogP contribution in [-0.2, 0) is 4.74 Å². The lowest BCUT2D eigenvalue weighted by atomic mass is 9.95. The van der Waals surface area contributed by atoms with E-state index in [1.54, 1.807) is 7.11 Å². The van der Waals surface area contributed by atoms with Crippen molar-refractivity contribution in [2.45, 2.75) is 37.5 Å². The molecule has 20 heavy (non-hydrogen) atoms. The molecule has 2 aliphatic heterocycles. The van der Waals surface area contributed by atoms with Crippen molar-refractivity contribution < 1.29 is 9.47 Å². The molecule has 2 saturated heterocycles. The SMILES string of the molecule is COc1ccc2c(NC3CC4CCC3O4)nccc2c1. The van der Waals surface area contributed by atoms with E-state index in [-0.39, 0.29) is 0 Å². The highest BCUT2D eigenvalue weighted by molar-refractivity contribution is 5.92. The Bertz CT molecular complexity index is 643. The van der Waals surface area contributed by atoms with E-state index < -0.39 is 0 Å². The molecule has 1 aromatic heterocycles. The standard InChI is InChI=1S/C16H18N2O2/c1-19-11-2-4-13-10(8-11)6-7-17-16(13)18-14-9-12-3-5-15(14)20-12/h2,4,6-8,12,14-15H,3,5,9H2,1H3,(H,17,18). The predicted molar refractivity (Wildman–Crippen MR) is 78.2 cm³/mol. The summed E-state index contributed by atoms with van der Waals surface area (Å²) >= 11 is 0. The minimum absolute atomic E-state index is 0.357. The molecule has 4 rings (SSSR count). The summed E-state index contributed by atoms with van der Waals surface area (Å²) in [5, 5.41) is 5.86. The molecule has 3 heterocycles. The molecule has 0 aliphatic carbocycles. The smallest absolute Gasteiger partial charge is 0.134 e. The Morgan fingerprint density at radius 3 is 3.00 bits per heavy atom. The third-order valence-corrected chi connectivity index (χ3v) is 4.40. The number of ether oxygens (including phenoxy) is 2. The van der Waals surface area contributed by atoms with Crippen LogP contribution < -0.4 is 10.1 Å². The van der Waals surface area contributed by atoms with Crippen LogP contribution in [0.25, 0.3) is 10.8 Å². The van der Waals surface area contributed by atoms with Crippen LogP contribution in [0.3, 0.4) is 0 Å². The van der Waals surface area contributed by atoms with E-state index in [0.717, 1.165) is 28.8 Å². The molecule has 3 atom stereocenters. The lowest BCUT2D eigenvalue weighted by Crippen LogP contribution is -2.30. The number of pyridine rings is 1. The third-order valence-electron chi connectivity index (χ3n) is 4.40. The first-order chi connectivity index (χ1) is 9.83. The second kappa shape index (κ2) is 4.63. The summed E-state index contributed by atoms with van der Waals surface area (Å²) in [7, 11) is 1.69. The lowest BCUT2D eigenvalue weighted by molar-refractivity contribution is 0.102. The van der Waals surface area contributed by atoms with Crippen molar-refractivity contribution in [2.24, 2.45) is 0 Å². The Morgan fingerprint density at radius 2 is 2.25 bits per heavy atom. The summed E-state index contributed by atoms with van der Waals surface area (Å²) in [5.74, 6) is 1.82. The summed E-state index contributed by atoms with van der Waals surface area (Å²) in [6.45, 7) is 0. The highest BCUT2D eigenvalue weighted by atomic mass is 16.5. The van der Waals surface area contributed by atoms with Crippen molar-refractivity contribution in [3.63, 3.8) is 0 Å². The highest BCUT2D eigenvalue weighted by Gasteiger charge is 2.40. The molecule has 2 fully saturated rings. The number of nitrogens with zero attached hydrogens (tertiary/aromatic N) is 1. The fourth-order valence-corrected chi connectivity index (χ4v) is 3.36. The van der Waals surface area contributed by atoms with E-state index in [0.29, 0.717) is 18.2 Å². The second-order valence-corrected chi connectivity index (χ2v) is 5.61. The lowest BCUT2D eigenvalue weighted by Gasteiger charge is -2.21. The Kier molecular flexibility index (Phi) is 2.77. The van der Waals surface area contributed by atoms with E-state index in [2.05, 4.69) is 16.4 Å². The van der Waals surface area contributed by atoms with Crippen LogP contribution in [0.5, 0.6) is 5.75 Å². The first-order valence-corrected chi connectivity index (χ1v) is 7.18. The molecular weight excluding hydrogens is 252 g/mol. The molecular formula is C16H18N2O2. The maximum absolute atomic E-state index is 5.90. The normalized spacial score (nSPS) is 27.9. The zero-order chi connectivity index (χ0) is 13.5. The van der Waals surface area contributed by atoms with Gasteiger partial charge in [-0.15, -0.1) is 0 Å². The van der Waals surface area contributed by atoms with Gasteiger partial charge in [0.05, 0.1) is 25.4 Å². The molecule has 0 amide bonds. The molecule has 3 unspecified atom stereocenters. The van der Waals surface area contributed by atoms with E-state index in [4.69, 9.17) is 9.47 Å². The number of rotatable bonds is 3. The van der Waals surface area contributed by atoms with Gasteiger partial charge in [0.1, 0.15) is 11.6 Å². The summed E-state index contributed by atoms with van der Waals surface area (Å²) < 4.78 is 11.2. The van der Waals surface area contributed by atoms with Crippen LogP contribution in [0.2, 0.25) is 0 Å². The van der Waals surface area contributed by atoms with Crippen LogP contribution >= 0.6 is 0 Å². The van der Waals surface area contributed by atoms with Gasteiger partial charge in [-0.25, -0.2) is 4.98 Å². The number of benzene rings is 1. The number of nitrogens with one attached hydrogen (secondary N) is 1. The first kappa shape index (κ1) is 12.0. The molecule has 4 heteroatoms. The summed E-state index contributed by atoms with van der Waals surface area (Å²) in [4.78, 5) is 4.50. The number of hydrogen-bond donors (Lipinski definition) is 1. The van der Waals surface area contributed by atoms with E-state index in [1.807, 2.05) is 24.4 Å². The Hall–Kier alpha value is -1.81. The van der Waals surface area contributed by atoms with Crippen LogP contribution in [0, 0.1) is 0 Å². The molecule has 4 nitrogen and oxygen atoms in total. The quantitative estimate of drug-likeness (QED) is 0.931. The number of fused-ring (bicyclic) bond motifs is 3. The maximum atomic E-state index is 5.90. The summed E-state index contributed by atoms with van der Waals surface area (Å²) in [6.07, 6.45) is 6.13. The maximum Gasteiger partial charge on any atom is 0.134 e. The molecule has 0 spiro atoms. The van der Waals surface area contributed by atoms with E-state index in [1.165, 1.54) is 12.8 Å². The molecule has 2 aromatic rings. The van der Waals surface area contributed by atoms with Gasteiger partial charge in [-0.05, 0) is 48.9 Å². The van der Waals surface area contributed by atoms with Gasteiger partial charge in [0, 0.05) is 11.6 Å². The summed E-state index contributed by atoms with van der Waals surface area (Å²) in [5.41, 5.74) is 0. The predicted octanol–water partition coefficient (Wildman–Crippen LogP) is 2.98.